The number of halogens is 1. The van der Waals surface area contributed by atoms with Gasteiger partial charge in [0.25, 0.3) is 5.56 Å². The van der Waals surface area contributed by atoms with E-state index in [0.29, 0.717) is 47.9 Å². The smallest absolute Gasteiger partial charge is 0.338 e. The van der Waals surface area contributed by atoms with Crippen LogP contribution in [0.3, 0.4) is 0 Å². The van der Waals surface area contributed by atoms with Gasteiger partial charge < -0.3 is 19.0 Å². The average Bonchev–Trinajstić information content (AvgIpc) is 3.52. The number of carbonyl (C=O) groups excluding carboxylic acids is 1. The number of esters is 1. The van der Waals surface area contributed by atoms with Crippen molar-refractivity contribution in [3.8, 4) is 17.1 Å². The Morgan fingerprint density at radius 2 is 1.93 bits per heavy atom. The topological polar surface area (TPSA) is 120 Å². The Balaban J connectivity index is 1.61. The van der Waals surface area contributed by atoms with Crippen LogP contribution in [0.1, 0.15) is 41.6 Å². The van der Waals surface area contributed by atoms with Crippen LogP contribution >= 0.6 is 27.3 Å². The predicted molar refractivity (Wildman–Crippen MR) is 152 cm³/mol. The van der Waals surface area contributed by atoms with Crippen LogP contribution in [0, 0.1) is 0 Å². The highest BCUT2D eigenvalue weighted by Crippen LogP contribution is 2.35. The molecule has 1 aliphatic rings. The van der Waals surface area contributed by atoms with Crippen LogP contribution in [0.5, 0.6) is 5.75 Å². The monoisotopic (exact) mass is 622 g/mol. The molecule has 1 aliphatic heterocycles. The van der Waals surface area contributed by atoms with E-state index in [0.717, 1.165) is 0 Å². The van der Waals surface area contributed by atoms with E-state index < -0.39 is 18.0 Å². The Kier molecular flexibility index (Phi) is 7.59. The van der Waals surface area contributed by atoms with Gasteiger partial charge in [-0.15, -0.1) is 0 Å². The molecule has 1 N–H and O–H groups in total. The fourth-order valence-corrected chi connectivity index (χ4v) is 6.04. The van der Waals surface area contributed by atoms with Crippen LogP contribution in [-0.2, 0) is 9.53 Å². The van der Waals surface area contributed by atoms with Crippen LogP contribution in [0.4, 0.5) is 0 Å². The number of ether oxygens (including phenoxy) is 2. The average molecular weight is 623 g/mol. The SMILES string of the molecule is CCOC(=O)C1=C(C)N=c2s/c(=C/c3ccc(-c4ccc(C(=O)O)cc4)o3)c(=O)n2[C@H]1c1ccc(OC)c(Br)c1. The van der Waals surface area contributed by atoms with Gasteiger partial charge in [-0.05, 0) is 71.7 Å². The Morgan fingerprint density at radius 3 is 2.58 bits per heavy atom. The number of thiazole rings is 1. The van der Waals surface area contributed by atoms with Crippen LogP contribution < -0.4 is 19.6 Å². The number of hydrogen-bond donors (Lipinski definition) is 1. The van der Waals surface area contributed by atoms with E-state index in [2.05, 4.69) is 20.9 Å². The van der Waals surface area contributed by atoms with Crippen molar-refractivity contribution >= 4 is 45.3 Å². The number of rotatable bonds is 7. The van der Waals surface area contributed by atoms with Gasteiger partial charge >= 0.3 is 11.9 Å². The molecule has 3 heterocycles. The quantitative estimate of drug-likeness (QED) is 0.301. The molecule has 0 aliphatic carbocycles. The highest BCUT2D eigenvalue weighted by atomic mass is 79.9. The summed E-state index contributed by atoms with van der Waals surface area (Å²) in [4.78, 5) is 43.0. The van der Waals surface area contributed by atoms with Gasteiger partial charge in [0, 0.05) is 11.6 Å². The third-order valence-electron chi connectivity index (χ3n) is 6.33. The summed E-state index contributed by atoms with van der Waals surface area (Å²) in [5.41, 5.74) is 1.97. The number of aromatic carboxylic acids is 1. The summed E-state index contributed by atoms with van der Waals surface area (Å²) in [6.07, 6.45) is 1.63. The number of carboxylic acids is 1. The van der Waals surface area contributed by atoms with Crippen molar-refractivity contribution in [1.29, 1.82) is 0 Å². The lowest BCUT2D eigenvalue weighted by Gasteiger charge is -2.25. The summed E-state index contributed by atoms with van der Waals surface area (Å²) in [5, 5.41) is 9.13. The molecule has 0 radical (unpaired) electrons. The van der Waals surface area contributed by atoms with Crippen LogP contribution in [0.15, 0.2) is 84.5 Å². The molecule has 0 unspecified atom stereocenters. The molecule has 4 aromatic rings. The number of hydrogen-bond acceptors (Lipinski definition) is 8. The van der Waals surface area contributed by atoms with E-state index in [9.17, 15) is 14.4 Å². The highest BCUT2D eigenvalue weighted by molar-refractivity contribution is 9.10. The van der Waals surface area contributed by atoms with Crippen molar-refractivity contribution in [3.63, 3.8) is 0 Å². The molecule has 0 bridgehead atoms. The minimum atomic E-state index is -1.01. The standard InChI is InChI=1S/C29H23BrN2O7S/c1-4-38-28(36)24-15(2)31-29-32(25(24)18-9-11-22(37-3)20(30)13-18)26(33)23(40-29)14-19-10-12-21(39-19)16-5-7-17(8-6-16)27(34)35/h5-14,25H,4H2,1-3H3,(H,34,35)/b23-14+/t25-/m0/s1. The van der Waals surface area contributed by atoms with Crippen molar-refractivity contribution in [3.05, 3.63) is 107 Å². The van der Waals surface area contributed by atoms with Gasteiger partial charge in [0.1, 0.15) is 17.3 Å². The lowest BCUT2D eigenvalue weighted by molar-refractivity contribution is -0.139. The van der Waals surface area contributed by atoms with Crippen molar-refractivity contribution in [2.45, 2.75) is 19.9 Å². The minimum absolute atomic E-state index is 0.174. The second-order valence-corrected chi connectivity index (χ2v) is 10.6. The maximum Gasteiger partial charge on any atom is 0.338 e. The second kappa shape index (κ2) is 11.1. The second-order valence-electron chi connectivity index (χ2n) is 8.78. The first-order valence-electron chi connectivity index (χ1n) is 12.2. The minimum Gasteiger partial charge on any atom is -0.496 e. The van der Waals surface area contributed by atoms with Gasteiger partial charge in [-0.1, -0.05) is 29.5 Å². The molecule has 2 aromatic heterocycles. The molecule has 0 spiro atoms. The first-order valence-corrected chi connectivity index (χ1v) is 13.8. The Morgan fingerprint density at radius 1 is 1.18 bits per heavy atom. The number of furan rings is 1. The van der Waals surface area contributed by atoms with Gasteiger partial charge in [-0.25, -0.2) is 14.6 Å². The number of fused-ring (bicyclic) bond motifs is 1. The van der Waals surface area contributed by atoms with E-state index in [1.165, 1.54) is 28.0 Å². The van der Waals surface area contributed by atoms with Crippen LogP contribution in [0.25, 0.3) is 17.4 Å². The fourth-order valence-electron chi connectivity index (χ4n) is 4.45. The molecule has 0 fully saturated rings. The highest BCUT2D eigenvalue weighted by Gasteiger charge is 2.33. The Labute approximate surface area is 240 Å². The summed E-state index contributed by atoms with van der Waals surface area (Å²) >= 11 is 4.69. The first kappa shape index (κ1) is 27.4. The molecule has 0 saturated carbocycles. The number of carboxylic acid groups (broad SMARTS) is 1. The summed E-state index contributed by atoms with van der Waals surface area (Å²) < 4.78 is 19.2. The molecule has 40 heavy (non-hydrogen) atoms. The van der Waals surface area contributed by atoms with Crippen LogP contribution in [-0.4, -0.2) is 35.3 Å². The predicted octanol–water partition coefficient (Wildman–Crippen LogP) is 4.53. The van der Waals surface area contributed by atoms with Gasteiger partial charge in [0.15, 0.2) is 4.80 Å². The summed E-state index contributed by atoms with van der Waals surface area (Å²) in [7, 11) is 1.56. The number of aromatic nitrogens is 1. The van der Waals surface area contributed by atoms with Crippen LogP contribution in [0.2, 0.25) is 0 Å². The van der Waals surface area contributed by atoms with Crippen molar-refractivity contribution < 1.29 is 28.6 Å². The molecular formula is C29H23BrN2O7S. The summed E-state index contributed by atoms with van der Waals surface area (Å²) in [6.45, 7) is 3.63. The number of nitrogens with zero attached hydrogens (tertiary/aromatic N) is 2. The third-order valence-corrected chi connectivity index (χ3v) is 7.93. The number of carbonyl (C=O) groups is 2. The molecule has 204 valence electrons. The Bertz CT molecular complexity index is 1850. The van der Waals surface area contributed by atoms with Crippen molar-refractivity contribution in [1.82, 2.24) is 4.57 Å². The van der Waals surface area contributed by atoms with Gasteiger partial charge in [-0.3, -0.25) is 9.36 Å². The third kappa shape index (κ3) is 5.05. The van der Waals surface area contributed by atoms with E-state index >= 15 is 0 Å². The fraction of sp³-hybridized carbons (Fsp3) is 0.172. The molecule has 11 heteroatoms. The largest absolute Gasteiger partial charge is 0.496 e. The van der Waals surface area contributed by atoms with Gasteiger partial charge in [0.2, 0.25) is 0 Å². The van der Waals surface area contributed by atoms with E-state index in [1.54, 1.807) is 63.4 Å². The Hall–Kier alpha value is -4.22. The molecular weight excluding hydrogens is 600 g/mol. The zero-order chi connectivity index (χ0) is 28.6. The van der Waals surface area contributed by atoms with Crippen molar-refractivity contribution in [2.24, 2.45) is 4.99 Å². The van der Waals surface area contributed by atoms with Gasteiger partial charge in [0.05, 0.1) is 45.6 Å². The number of methoxy groups -OCH3 is 1. The normalized spacial score (nSPS) is 15.0. The zero-order valence-electron chi connectivity index (χ0n) is 21.6. The van der Waals surface area contributed by atoms with E-state index in [4.69, 9.17) is 19.0 Å². The van der Waals surface area contributed by atoms with Gasteiger partial charge in [-0.2, -0.15) is 0 Å². The molecule has 2 aromatic carbocycles. The first-order chi connectivity index (χ1) is 19.2. The number of allylic oxidation sites excluding steroid dienone is 1. The molecule has 1 atom stereocenters. The lowest BCUT2D eigenvalue weighted by atomic mass is 9.96. The zero-order valence-corrected chi connectivity index (χ0v) is 24.0. The molecule has 5 rings (SSSR count). The van der Waals surface area contributed by atoms with E-state index in [1.807, 2.05) is 6.07 Å². The maximum absolute atomic E-state index is 13.8. The summed E-state index contributed by atoms with van der Waals surface area (Å²) in [6, 6.07) is 14.4. The van der Waals surface area contributed by atoms with E-state index in [-0.39, 0.29) is 23.3 Å². The molecule has 0 amide bonds. The molecule has 9 nitrogen and oxygen atoms in total. The maximum atomic E-state index is 13.8. The number of benzene rings is 2. The van der Waals surface area contributed by atoms with Crippen molar-refractivity contribution in [2.75, 3.05) is 13.7 Å². The lowest BCUT2D eigenvalue weighted by Crippen LogP contribution is -2.39. The summed E-state index contributed by atoms with van der Waals surface area (Å²) in [5.74, 6) is 0.0223. The molecule has 0 saturated heterocycles.